The number of piperazine rings is 1. The van der Waals surface area contributed by atoms with Crippen molar-refractivity contribution in [2.45, 2.75) is 10.9 Å². The maximum atomic E-state index is 11.4. The Morgan fingerprint density at radius 3 is 2.14 bits per heavy atom. The first kappa shape index (κ1) is 20.4. The molecule has 1 heterocycles. The van der Waals surface area contributed by atoms with Crippen molar-refractivity contribution >= 4 is 34.7 Å². The zero-order valence-corrected chi connectivity index (χ0v) is 14.4. The number of benzene rings is 1. The molecule has 0 amide bonds. The standard InChI is InChI=1S/C14H20N2O2S.2ClH/c1-3-14(16-10-8-15-9-11-16)12-4-6-13(7-5-12)19(2,17)18;;/h3-7,14-15H,1,8-11H2,2H3;2*1H/t14-;;/m1../s1. The van der Waals surface area contributed by atoms with Gasteiger partial charge in [-0.25, -0.2) is 8.42 Å². The maximum Gasteiger partial charge on any atom is 0.175 e. The van der Waals surface area contributed by atoms with Crippen LogP contribution >= 0.6 is 24.8 Å². The highest BCUT2D eigenvalue weighted by molar-refractivity contribution is 7.90. The summed E-state index contributed by atoms with van der Waals surface area (Å²) in [6.45, 7) is 7.81. The third-order valence-corrected chi connectivity index (χ3v) is 4.55. The van der Waals surface area contributed by atoms with Crippen molar-refractivity contribution in [3.63, 3.8) is 0 Å². The average Bonchev–Trinajstić information content (AvgIpc) is 2.40. The van der Waals surface area contributed by atoms with E-state index < -0.39 is 9.84 Å². The van der Waals surface area contributed by atoms with E-state index in [1.807, 2.05) is 18.2 Å². The number of hydrogen-bond acceptors (Lipinski definition) is 4. The highest BCUT2D eigenvalue weighted by Gasteiger charge is 2.19. The van der Waals surface area contributed by atoms with Crippen molar-refractivity contribution in [1.29, 1.82) is 0 Å². The highest BCUT2D eigenvalue weighted by atomic mass is 35.5. The first-order valence-electron chi connectivity index (χ1n) is 6.40. The van der Waals surface area contributed by atoms with Crippen molar-refractivity contribution in [3.05, 3.63) is 42.5 Å². The molecule has 1 atom stereocenters. The van der Waals surface area contributed by atoms with E-state index in [9.17, 15) is 8.42 Å². The molecule has 0 bridgehead atoms. The second kappa shape index (κ2) is 8.76. The fourth-order valence-corrected chi connectivity index (χ4v) is 3.00. The predicted octanol–water partition coefficient (Wildman–Crippen LogP) is 2.07. The van der Waals surface area contributed by atoms with Crippen LogP contribution in [0, 0.1) is 0 Å². The summed E-state index contributed by atoms with van der Waals surface area (Å²) >= 11 is 0. The third kappa shape index (κ3) is 5.27. The minimum atomic E-state index is -3.13. The topological polar surface area (TPSA) is 49.4 Å². The zero-order valence-electron chi connectivity index (χ0n) is 12.0. The number of nitrogens with one attached hydrogen (secondary N) is 1. The van der Waals surface area contributed by atoms with Crippen LogP contribution in [-0.2, 0) is 9.84 Å². The summed E-state index contributed by atoms with van der Waals surface area (Å²) in [5.74, 6) is 0. The first-order valence-corrected chi connectivity index (χ1v) is 8.29. The molecule has 1 aliphatic heterocycles. The van der Waals surface area contributed by atoms with E-state index in [4.69, 9.17) is 0 Å². The minimum absolute atomic E-state index is 0. The number of halogens is 2. The van der Waals surface area contributed by atoms with Gasteiger partial charge in [0.05, 0.1) is 10.9 Å². The van der Waals surface area contributed by atoms with E-state index in [0.29, 0.717) is 4.90 Å². The summed E-state index contributed by atoms with van der Waals surface area (Å²) in [7, 11) is -3.13. The van der Waals surface area contributed by atoms with Gasteiger partial charge >= 0.3 is 0 Å². The van der Waals surface area contributed by atoms with E-state index in [1.54, 1.807) is 12.1 Å². The molecule has 1 aromatic rings. The predicted molar refractivity (Wildman–Crippen MR) is 91.4 cm³/mol. The molecular weight excluding hydrogens is 331 g/mol. The van der Waals surface area contributed by atoms with E-state index >= 15 is 0 Å². The Bertz CT molecular complexity index is 541. The molecule has 1 aromatic carbocycles. The van der Waals surface area contributed by atoms with Crippen molar-refractivity contribution in [1.82, 2.24) is 10.2 Å². The summed E-state index contributed by atoms with van der Waals surface area (Å²) in [5.41, 5.74) is 1.09. The lowest BCUT2D eigenvalue weighted by molar-refractivity contribution is 0.203. The number of nitrogens with zero attached hydrogens (tertiary/aromatic N) is 1. The molecule has 1 fully saturated rings. The third-order valence-electron chi connectivity index (χ3n) is 3.42. The summed E-state index contributed by atoms with van der Waals surface area (Å²) in [4.78, 5) is 2.71. The molecule has 0 saturated carbocycles. The number of rotatable bonds is 4. The normalized spacial score (nSPS) is 17.2. The van der Waals surface area contributed by atoms with Gasteiger partial charge in [0, 0.05) is 32.4 Å². The Morgan fingerprint density at radius 2 is 1.71 bits per heavy atom. The summed E-state index contributed by atoms with van der Waals surface area (Å²) in [6, 6.07) is 7.25. The minimum Gasteiger partial charge on any atom is -0.314 e. The van der Waals surface area contributed by atoms with Crippen LogP contribution in [0.1, 0.15) is 11.6 Å². The highest BCUT2D eigenvalue weighted by Crippen LogP contribution is 2.23. The Balaban J connectivity index is 0.00000200. The molecule has 0 unspecified atom stereocenters. The molecule has 0 radical (unpaired) electrons. The molecular formula is C14H22Cl2N2O2S. The van der Waals surface area contributed by atoms with Gasteiger partial charge < -0.3 is 5.32 Å². The van der Waals surface area contributed by atoms with Crippen LogP contribution in [0.5, 0.6) is 0 Å². The average molecular weight is 353 g/mol. The lowest BCUT2D eigenvalue weighted by Gasteiger charge is -2.33. The lowest BCUT2D eigenvalue weighted by atomic mass is 10.0. The molecule has 120 valence electrons. The van der Waals surface area contributed by atoms with Crippen LogP contribution in [0.3, 0.4) is 0 Å². The van der Waals surface area contributed by atoms with Gasteiger partial charge in [0.15, 0.2) is 9.84 Å². The van der Waals surface area contributed by atoms with Gasteiger partial charge in [0.25, 0.3) is 0 Å². The van der Waals surface area contributed by atoms with Crippen molar-refractivity contribution in [2.24, 2.45) is 0 Å². The largest absolute Gasteiger partial charge is 0.314 e. The zero-order chi connectivity index (χ0) is 13.9. The summed E-state index contributed by atoms with van der Waals surface area (Å²) in [6.07, 6.45) is 3.14. The number of hydrogen-bond donors (Lipinski definition) is 1. The van der Waals surface area contributed by atoms with Crippen LogP contribution < -0.4 is 5.32 Å². The lowest BCUT2D eigenvalue weighted by Crippen LogP contribution is -2.44. The van der Waals surface area contributed by atoms with E-state index in [-0.39, 0.29) is 30.9 Å². The van der Waals surface area contributed by atoms with E-state index in [2.05, 4.69) is 16.8 Å². The fraction of sp³-hybridized carbons (Fsp3) is 0.429. The Hall–Kier alpha value is -0.590. The first-order chi connectivity index (χ1) is 9.02. The molecule has 1 saturated heterocycles. The molecule has 7 heteroatoms. The molecule has 1 N–H and O–H groups in total. The van der Waals surface area contributed by atoms with Gasteiger partial charge in [0.1, 0.15) is 0 Å². The van der Waals surface area contributed by atoms with Crippen LogP contribution in [0.2, 0.25) is 0 Å². The number of sulfone groups is 1. The van der Waals surface area contributed by atoms with Gasteiger partial charge in [-0.15, -0.1) is 31.4 Å². The van der Waals surface area contributed by atoms with Crippen molar-refractivity contribution < 1.29 is 8.42 Å². The quantitative estimate of drug-likeness (QED) is 0.842. The van der Waals surface area contributed by atoms with Crippen LogP contribution in [0.25, 0.3) is 0 Å². The smallest absolute Gasteiger partial charge is 0.175 e. The van der Waals surface area contributed by atoms with Gasteiger partial charge in [-0.05, 0) is 17.7 Å². The fourth-order valence-electron chi connectivity index (χ4n) is 2.37. The molecule has 1 aliphatic rings. The second-order valence-electron chi connectivity index (χ2n) is 4.81. The molecule has 2 rings (SSSR count). The van der Waals surface area contributed by atoms with E-state index in [1.165, 1.54) is 6.26 Å². The van der Waals surface area contributed by atoms with Gasteiger partial charge in [0.2, 0.25) is 0 Å². The summed E-state index contributed by atoms with van der Waals surface area (Å²) in [5, 5.41) is 3.32. The van der Waals surface area contributed by atoms with Crippen molar-refractivity contribution in [2.75, 3.05) is 32.4 Å². The van der Waals surface area contributed by atoms with Crippen LogP contribution in [0.4, 0.5) is 0 Å². The van der Waals surface area contributed by atoms with Crippen LogP contribution in [-0.4, -0.2) is 45.8 Å². The van der Waals surface area contributed by atoms with Gasteiger partial charge in [-0.1, -0.05) is 18.2 Å². The van der Waals surface area contributed by atoms with Gasteiger partial charge in [-0.3, -0.25) is 4.90 Å². The van der Waals surface area contributed by atoms with E-state index in [0.717, 1.165) is 31.7 Å². The second-order valence-corrected chi connectivity index (χ2v) is 6.82. The molecule has 21 heavy (non-hydrogen) atoms. The van der Waals surface area contributed by atoms with Crippen LogP contribution in [0.15, 0.2) is 41.8 Å². The molecule has 0 spiro atoms. The molecule has 0 aliphatic carbocycles. The van der Waals surface area contributed by atoms with Gasteiger partial charge in [-0.2, -0.15) is 0 Å². The molecule has 4 nitrogen and oxygen atoms in total. The Labute approximate surface area is 139 Å². The SMILES string of the molecule is C=C[C@H](c1ccc(S(C)(=O)=O)cc1)N1CCNCC1.Cl.Cl. The Morgan fingerprint density at radius 1 is 1.19 bits per heavy atom. The Kier molecular flexibility index (Phi) is 8.51. The summed E-state index contributed by atoms with van der Waals surface area (Å²) < 4.78 is 22.9. The monoisotopic (exact) mass is 352 g/mol. The molecule has 0 aromatic heterocycles. The van der Waals surface area contributed by atoms with Crippen molar-refractivity contribution in [3.8, 4) is 0 Å². The maximum absolute atomic E-state index is 11.4.